The molecule has 4 aliphatic rings. The van der Waals surface area contributed by atoms with Crippen LogP contribution in [0.25, 0.3) is 0 Å². The maximum Gasteiger partial charge on any atom is 0.0679 e. The van der Waals surface area contributed by atoms with Crippen LogP contribution in [-0.4, -0.2) is 118 Å². The number of aliphatic hydroxyl groups is 2. The van der Waals surface area contributed by atoms with E-state index in [4.69, 9.17) is 0 Å². The van der Waals surface area contributed by atoms with Crippen LogP contribution in [0.3, 0.4) is 0 Å². The third-order valence-electron chi connectivity index (χ3n) is 8.51. The Bertz CT molecular complexity index is 549. The maximum absolute atomic E-state index is 9.79. The van der Waals surface area contributed by atoms with Crippen molar-refractivity contribution >= 4 is 0 Å². The Labute approximate surface area is 177 Å². The van der Waals surface area contributed by atoms with Crippen LogP contribution < -0.4 is 0 Å². The topological polar surface area (TPSA) is 53.4 Å². The van der Waals surface area contributed by atoms with Crippen molar-refractivity contribution < 1.29 is 10.2 Å². The number of β-amino-alcohol motifs (C(OH)–C–C–N with tert-alkyl or cyclic N) is 1. The van der Waals surface area contributed by atoms with Gasteiger partial charge in [0.15, 0.2) is 0 Å². The fourth-order valence-electron chi connectivity index (χ4n) is 5.64. The minimum Gasteiger partial charge on any atom is -0.393 e. The Kier molecular flexibility index (Phi) is 6.33. The van der Waals surface area contributed by atoms with Crippen LogP contribution in [0.15, 0.2) is 0 Å². The van der Waals surface area contributed by atoms with E-state index in [2.05, 4.69) is 47.3 Å². The molecule has 6 nitrogen and oxygen atoms in total. The number of nitrogens with zero attached hydrogens (tertiary/aromatic N) is 4. The summed E-state index contributed by atoms with van der Waals surface area (Å²) in [4.78, 5) is 10.4. The normalized spacial score (nSPS) is 30.6. The largest absolute Gasteiger partial charge is 0.393 e. The first-order chi connectivity index (χ1) is 13.6. The fourth-order valence-corrected chi connectivity index (χ4v) is 5.64. The van der Waals surface area contributed by atoms with Gasteiger partial charge in [-0.15, -0.1) is 0 Å². The molecular formula is C23H44N4O2. The number of likely N-dealkylation sites (tertiary alicyclic amines) is 4. The summed E-state index contributed by atoms with van der Waals surface area (Å²) in [5.41, 5.74) is 0.506. The summed E-state index contributed by atoms with van der Waals surface area (Å²) in [5.74, 6) is 0. The van der Waals surface area contributed by atoms with Crippen LogP contribution >= 0.6 is 0 Å². The predicted molar refractivity (Wildman–Crippen MR) is 117 cm³/mol. The Hall–Kier alpha value is -0.240. The van der Waals surface area contributed by atoms with E-state index >= 15 is 0 Å². The van der Waals surface area contributed by atoms with Crippen LogP contribution in [-0.2, 0) is 0 Å². The van der Waals surface area contributed by atoms with Gasteiger partial charge in [-0.2, -0.15) is 0 Å². The van der Waals surface area contributed by atoms with E-state index in [-0.39, 0.29) is 23.3 Å². The van der Waals surface area contributed by atoms with Crippen molar-refractivity contribution in [1.29, 1.82) is 0 Å². The highest BCUT2D eigenvalue weighted by Gasteiger charge is 2.44. The predicted octanol–water partition coefficient (Wildman–Crippen LogP) is 1.22. The van der Waals surface area contributed by atoms with Gasteiger partial charge in [0.25, 0.3) is 0 Å². The first-order valence-corrected chi connectivity index (χ1v) is 12.0. The van der Waals surface area contributed by atoms with Gasteiger partial charge in [0.1, 0.15) is 0 Å². The quantitative estimate of drug-likeness (QED) is 0.661. The van der Waals surface area contributed by atoms with Crippen LogP contribution in [0.1, 0.15) is 59.8 Å². The van der Waals surface area contributed by atoms with Gasteiger partial charge in [-0.05, 0) is 59.8 Å². The highest BCUT2D eigenvalue weighted by molar-refractivity contribution is 5.01. The fraction of sp³-hybridized carbons (Fsp3) is 1.00. The Balaban J connectivity index is 1.18. The average Bonchev–Trinajstić information content (AvgIpc) is 2.98. The lowest BCUT2D eigenvalue weighted by Gasteiger charge is -2.55. The summed E-state index contributed by atoms with van der Waals surface area (Å²) in [7, 11) is 0. The molecule has 0 saturated carbocycles. The molecular weight excluding hydrogens is 364 g/mol. The van der Waals surface area contributed by atoms with Gasteiger partial charge in [0, 0.05) is 75.5 Å². The van der Waals surface area contributed by atoms with Gasteiger partial charge in [0.2, 0.25) is 0 Å². The van der Waals surface area contributed by atoms with Crippen LogP contribution in [0.2, 0.25) is 0 Å². The van der Waals surface area contributed by atoms with Crippen molar-refractivity contribution in [2.24, 2.45) is 0 Å². The van der Waals surface area contributed by atoms with Gasteiger partial charge in [-0.25, -0.2) is 0 Å². The number of piperidine rings is 1. The number of rotatable bonds is 7. The van der Waals surface area contributed by atoms with Crippen molar-refractivity contribution in [2.75, 3.05) is 52.4 Å². The molecule has 0 bridgehead atoms. The van der Waals surface area contributed by atoms with Crippen LogP contribution in [0.5, 0.6) is 0 Å². The SMILES string of the molecule is CC(C)(CCC(C)(C)N1CC(N2CC[C@@H](O)C2)C1)N1CC(N2CCC(O)CC2)C1. The molecule has 1 atom stereocenters. The molecule has 6 heteroatoms. The minimum absolute atomic E-state index is 0.0715. The van der Waals surface area contributed by atoms with Crippen molar-refractivity contribution in [1.82, 2.24) is 19.6 Å². The van der Waals surface area contributed by atoms with Gasteiger partial charge >= 0.3 is 0 Å². The van der Waals surface area contributed by atoms with Gasteiger partial charge in [-0.3, -0.25) is 19.6 Å². The molecule has 0 radical (unpaired) electrons. The maximum atomic E-state index is 9.79. The van der Waals surface area contributed by atoms with E-state index in [1.54, 1.807) is 0 Å². The van der Waals surface area contributed by atoms with Crippen molar-refractivity contribution in [3.05, 3.63) is 0 Å². The molecule has 0 aromatic rings. The zero-order valence-electron chi connectivity index (χ0n) is 19.2. The summed E-state index contributed by atoms with van der Waals surface area (Å²) in [5, 5.41) is 19.5. The zero-order valence-corrected chi connectivity index (χ0v) is 19.2. The molecule has 0 spiro atoms. The summed E-state index contributed by atoms with van der Waals surface area (Å²) in [6.45, 7) is 18.4. The molecule has 4 aliphatic heterocycles. The molecule has 4 fully saturated rings. The standard InChI is InChI=1S/C23H44N4O2/c1-22(2,26-13-18(14-26)24-10-5-20(28)6-11-24)8-9-23(3,4)27-15-19(16-27)25-12-7-21(29)17-25/h18-21,28-29H,5-17H2,1-4H3/t21-/m1/s1. The van der Waals surface area contributed by atoms with Crippen molar-refractivity contribution in [3.8, 4) is 0 Å². The Morgan fingerprint density at radius 2 is 1.03 bits per heavy atom. The molecule has 168 valence electrons. The van der Waals surface area contributed by atoms with E-state index in [9.17, 15) is 10.2 Å². The second-order valence-electron chi connectivity index (χ2n) is 11.4. The van der Waals surface area contributed by atoms with Gasteiger partial charge in [0.05, 0.1) is 12.2 Å². The second-order valence-corrected chi connectivity index (χ2v) is 11.4. The monoisotopic (exact) mass is 408 g/mol. The van der Waals surface area contributed by atoms with E-state index in [0.29, 0.717) is 12.1 Å². The zero-order chi connectivity index (χ0) is 20.8. The molecule has 0 aliphatic carbocycles. The van der Waals surface area contributed by atoms with Gasteiger partial charge < -0.3 is 10.2 Å². The summed E-state index contributed by atoms with van der Waals surface area (Å²) < 4.78 is 0. The molecule has 0 unspecified atom stereocenters. The molecule has 4 rings (SSSR count). The smallest absolute Gasteiger partial charge is 0.0679 e. The lowest BCUT2D eigenvalue weighted by molar-refractivity contribution is -0.0625. The van der Waals surface area contributed by atoms with E-state index in [1.807, 2.05) is 0 Å². The summed E-state index contributed by atoms with van der Waals surface area (Å²) in [6.07, 6.45) is 5.12. The second kappa shape index (κ2) is 8.36. The molecule has 0 aromatic heterocycles. The average molecular weight is 409 g/mol. The number of hydrogen-bond donors (Lipinski definition) is 2. The lowest BCUT2D eigenvalue weighted by atomic mass is 9.83. The highest BCUT2D eigenvalue weighted by atomic mass is 16.3. The molecule has 0 amide bonds. The highest BCUT2D eigenvalue weighted by Crippen LogP contribution is 2.35. The summed E-state index contributed by atoms with van der Waals surface area (Å²) in [6, 6.07) is 1.35. The van der Waals surface area contributed by atoms with Crippen molar-refractivity contribution in [2.45, 2.75) is 95.2 Å². The third-order valence-corrected chi connectivity index (χ3v) is 8.51. The van der Waals surface area contributed by atoms with E-state index in [0.717, 1.165) is 58.5 Å². The first kappa shape index (κ1) is 22.0. The first-order valence-electron chi connectivity index (χ1n) is 12.0. The minimum atomic E-state index is -0.104. The summed E-state index contributed by atoms with van der Waals surface area (Å²) >= 11 is 0. The van der Waals surface area contributed by atoms with E-state index in [1.165, 1.54) is 25.9 Å². The van der Waals surface area contributed by atoms with Gasteiger partial charge in [-0.1, -0.05) is 0 Å². The molecule has 2 N–H and O–H groups in total. The van der Waals surface area contributed by atoms with Crippen molar-refractivity contribution in [3.63, 3.8) is 0 Å². The molecule has 29 heavy (non-hydrogen) atoms. The number of aliphatic hydroxyl groups excluding tert-OH is 2. The molecule has 4 saturated heterocycles. The van der Waals surface area contributed by atoms with Crippen LogP contribution in [0, 0.1) is 0 Å². The Morgan fingerprint density at radius 3 is 1.48 bits per heavy atom. The molecule has 0 aromatic carbocycles. The molecule has 4 heterocycles. The van der Waals surface area contributed by atoms with E-state index < -0.39 is 0 Å². The third kappa shape index (κ3) is 4.83. The number of hydrogen-bond acceptors (Lipinski definition) is 6. The Morgan fingerprint density at radius 1 is 0.621 bits per heavy atom. The lowest BCUT2D eigenvalue weighted by Crippen LogP contribution is -2.67. The van der Waals surface area contributed by atoms with Crippen LogP contribution in [0.4, 0.5) is 0 Å².